The largest absolute Gasteiger partial charge is 0.324 e. The zero-order valence-corrected chi connectivity index (χ0v) is 14.1. The summed E-state index contributed by atoms with van der Waals surface area (Å²) in [5.41, 5.74) is 2.05. The van der Waals surface area contributed by atoms with Crippen LogP contribution in [0, 0.1) is 3.57 Å². The molecule has 3 rings (SSSR count). The van der Waals surface area contributed by atoms with Crippen molar-refractivity contribution in [3.05, 3.63) is 55.6 Å². The number of hydrogen-bond donors (Lipinski definition) is 2. The minimum atomic E-state index is -0.317. The van der Waals surface area contributed by atoms with Crippen LogP contribution in [0.5, 0.6) is 0 Å². The van der Waals surface area contributed by atoms with E-state index in [2.05, 4.69) is 15.3 Å². The fourth-order valence-corrected chi connectivity index (χ4v) is 2.96. The monoisotopic (exact) mass is 431 g/mol. The van der Waals surface area contributed by atoms with Crippen LogP contribution in [0.2, 0.25) is 10.0 Å². The first-order chi connectivity index (χ1) is 10.0. The van der Waals surface area contributed by atoms with E-state index in [4.69, 9.17) is 23.2 Å². The Hall–Kier alpha value is -1.31. The highest BCUT2D eigenvalue weighted by atomic mass is 127. The van der Waals surface area contributed by atoms with Crippen molar-refractivity contribution in [2.45, 2.75) is 0 Å². The van der Waals surface area contributed by atoms with Gasteiger partial charge in [-0.05, 0) is 46.9 Å². The topological polar surface area (TPSA) is 57.8 Å². The van der Waals surface area contributed by atoms with Crippen LogP contribution in [-0.2, 0) is 0 Å². The van der Waals surface area contributed by atoms with Crippen molar-refractivity contribution in [3.8, 4) is 0 Å². The van der Waals surface area contributed by atoms with E-state index < -0.39 is 0 Å². The Labute approximate surface area is 144 Å². The first kappa shape index (κ1) is 14.6. The maximum absolute atomic E-state index is 12.3. The number of carbonyl (C=O) groups is 1. The molecule has 0 unspecified atom stereocenters. The summed E-state index contributed by atoms with van der Waals surface area (Å²) in [4.78, 5) is 19.7. The van der Waals surface area contributed by atoms with Crippen LogP contribution in [-0.4, -0.2) is 15.9 Å². The van der Waals surface area contributed by atoms with Crippen LogP contribution in [0.3, 0.4) is 0 Å². The van der Waals surface area contributed by atoms with E-state index in [0.717, 1.165) is 11.0 Å². The molecule has 0 fully saturated rings. The fourth-order valence-electron chi connectivity index (χ4n) is 1.91. The predicted molar refractivity (Wildman–Crippen MR) is 93.2 cm³/mol. The number of rotatable bonds is 2. The summed E-state index contributed by atoms with van der Waals surface area (Å²) in [6.07, 6.45) is 0. The third-order valence-electron chi connectivity index (χ3n) is 2.86. The van der Waals surface area contributed by atoms with E-state index in [0.29, 0.717) is 25.1 Å². The van der Waals surface area contributed by atoms with Crippen molar-refractivity contribution >= 4 is 68.7 Å². The van der Waals surface area contributed by atoms with Gasteiger partial charge in [-0.1, -0.05) is 35.3 Å². The molecule has 106 valence electrons. The average molecular weight is 432 g/mol. The minimum absolute atomic E-state index is 0.317. The Kier molecular flexibility index (Phi) is 4.05. The predicted octanol–water partition coefficient (Wildman–Crippen LogP) is 4.73. The molecule has 0 aliphatic carbocycles. The summed E-state index contributed by atoms with van der Waals surface area (Å²) in [7, 11) is 0. The molecular weight excluding hydrogens is 424 g/mol. The van der Waals surface area contributed by atoms with E-state index >= 15 is 0 Å². The Morgan fingerprint density at radius 1 is 1.24 bits per heavy atom. The van der Waals surface area contributed by atoms with Crippen LogP contribution in [0.15, 0.2) is 36.4 Å². The highest BCUT2D eigenvalue weighted by Gasteiger charge is 2.15. The van der Waals surface area contributed by atoms with Gasteiger partial charge in [0, 0.05) is 8.59 Å². The molecule has 0 radical (unpaired) electrons. The lowest BCUT2D eigenvalue weighted by Gasteiger charge is -2.06. The molecule has 2 N–H and O–H groups in total. The number of aromatic nitrogens is 2. The maximum atomic E-state index is 12.3. The van der Waals surface area contributed by atoms with Gasteiger partial charge < -0.3 is 4.98 Å². The zero-order valence-electron chi connectivity index (χ0n) is 10.5. The molecule has 0 bridgehead atoms. The number of nitrogens with one attached hydrogen (secondary N) is 2. The quantitative estimate of drug-likeness (QED) is 0.455. The second-order valence-electron chi connectivity index (χ2n) is 4.31. The molecule has 0 saturated carbocycles. The molecule has 0 atom stereocenters. The van der Waals surface area contributed by atoms with Crippen LogP contribution in [0.1, 0.15) is 10.4 Å². The highest BCUT2D eigenvalue weighted by Crippen LogP contribution is 2.27. The maximum Gasteiger partial charge on any atom is 0.259 e. The molecule has 0 aliphatic heterocycles. The molecule has 1 amide bonds. The summed E-state index contributed by atoms with van der Waals surface area (Å²) >= 11 is 14.0. The van der Waals surface area contributed by atoms with E-state index in [1.807, 2.05) is 46.9 Å². The number of H-pyrrole nitrogens is 1. The van der Waals surface area contributed by atoms with Crippen molar-refractivity contribution in [1.82, 2.24) is 9.97 Å². The number of para-hydroxylation sites is 2. The third kappa shape index (κ3) is 3.00. The Morgan fingerprint density at radius 3 is 2.76 bits per heavy atom. The first-order valence-corrected chi connectivity index (χ1v) is 7.79. The first-order valence-electron chi connectivity index (χ1n) is 5.95. The number of fused-ring (bicyclic) bond motifs is 1. The molecule has 21 heavy (non-hydrogen) atoms. The number of benzene rings is 2. The normalized spacial score (nSPS) is 10.8. The molecule has 1 heterocycles. The standard InChI is InChI=1S/C14H8Cl2IN3O/c15-7-5-8(12(17)9(16)6-7)13(21)20-14-18-10-3-1-2-4-11(10)19-14/h1-6H,(H2,18,19,20,21). The Bertz CT molecular complexity index is 814. The van der Waals surface area contributed by atoms with Gasteiger partial charge in [-0.2, -0.15) is 0 Å². The van der Waals surface area contributed by atoms with E-state index in [1.165, 1.54) is 0 Å². The van der Waals surface area contributed by atoms with Gasteiger partial charge in [-0.3, -0.25) is 10.1 Å². The van der Waals surface area contributed by atoms with E-state index in [1.54, 1.807) is 12.1 Å². The van der Waals surface area contributed by atoms with Gasteiger partial charge in [-0.15, -0.1) is 0 Å². The number of imidazole rings is 1. The average Bonchev–Trinajstić information content (AvgIpc) is 2.84. The van der Waals surface area contributed by atoms with Crippen LogP contribution >= 0.6 is 45.8 Å². The van der Waals surface area contributed by atoms with E-state index in [-0.39, 0.29) is 5.91 Å². The zero-order chi connectivity index (χ0) is 15.0. The summed E-state index contributed by atoms with van der Waals surface area (Å²) in [6, 6.07) is 10.7. The lowest BCUT2D eigenvalue weighted by Crippen LogP contribution is -2.14. The number of aromatic amines is 1. The Morgan fingerprint density at radius 2 is 2.00 bits per heavy atom. The molecule has 1 aromatic heterocycles. The van der Waals surface area contributed by atoms with Crippen molar-refractivity contribution in [3.63, 3.8) is 0 Å². The highest BCUT2D eigenvalue weighted by molar-refractivity contribution is 14.1. The molecule has 4 nitrogen and oxygen atoms in total. The van der Waals surface area contributed by atoms with Gasteiger partial charge in [0.25, 0.3) is 5.91 Å². The minimum Gasteiger partial charge on any atom is -0.324 e. The molecule has 0 aliphatic rings. The Balaban J connectivity index is 1.93. The molecule has 3 aromatic rings. The number of halogens is 3. The van der Waals surface area contributed by atoms with Gasteiger partial charge in [0.2, 0.25) is 5.95 Å². The molecule has 0 saturated heterocycles. The third-order valence-corrected chi connectivity index (χ3v) is 4.86. The lowest BCUT2D eigenvalue weighted by atomic mass is 10.2. The second kappa shape index (κ2) is 5.82. The fraction of sp³-hybridized carbons (Fsp3) is 0. The van der Waals surface area contributed by atoms with Crippen LogP contribution < -0.4 is 5.32 Å². The van der Waals surface area contributed by atoms with Crippen molar-refractivity contribution in [1.29, 1.82) is 0 Å². The van der Waals surface area contributed by atoms with Gasteiger partial charge in [0.1, 0.15) is 0 Å². The number of anilines is 1. The second-order valence-corrected chi connectivity index (χ2v) is 6.23. The van der Waals surface area contributed by atoms with Crippen molar-refractivity contribution in [2.24, 2.45) is 0 Å². The summed E-state index contributed by atoms with van der Waals surface area (Å²) in [6.45, 7) is 0. The van der Waals surface area contributed by atoms with Crippen molar-refractivity contribution in [2.75, 3.05) is 5.32 Å². The molecule has 2 aromatic carbocycles. The molecule has 0 spiro atoms. The summed E-state index contributed by atoms with van der Waals surface area (Å²) in [5, 5.41) is 3.57. The lowest BCUT2D eigenvalue weighted by molar-refractivity contribution is 0.102. The van der Waals surface area contributed by atoms with Crippen LogP contribution in [0.4, 0.5) is 5.95 Å². The SMILES string of the molecule is O=C(Nc1nc2ccccc2[nH]1)c1cc(Cl)cc(Cl)c1I. The number of nitrogens with zero attached hydrogens (tertiary/aromatic N) is 1. The number of amides is 1. The molecule has 7 heteroatoms. The van der Waals surface area contributed by atoms with Gasteiger partial charge in [0.15, 0.2) is 0 Å². The smallest absolute Gasteiger partial charge is 0.259 e. The van der Waals surface area contributed by atoms with Gasteiger partial charge in [0.05, 0.1) is 21.6 Å². The van der Waals surface area contributed by atoms with Gasteiger partial charge in [-0.25, -0.2) is 4.98 Å². The van der Waals surface area contributed by atoms with E-state index in [9.17, 15) is 4.79 Å². The summed E-state index contributed by atoms with van der Waals surface area (Å²) < 4.78 is 0.646. The van der Waals surface area contributed by atoms with Gasteiger partial charge >= 0.3 is 0 Å². The number of hydrogen-bond acceptors (Lipinski definition) is 2. The molecular formula is C14H8Cl2IN3O. The van der Waals surface area contributed by atoms with Crippen molar-refractivity contribution < 1.29 is 4.79 Å². The van der Waals surface area contributed by atoms with Crippen LogP contribution in [0.25, 0.3) is 11.0 Å². The number of carbonyl (C=O) groups excluding carboxylic acids is 1. The summed E-state index contributed by atoms with van der Waals surface area (Å²) in [5.74, 6) is 0.0657.